The molecular formula is C23H21N7O. The number of para-hydroxylation sites is 2. The lowest BCUT2D eigenvalue weighted by Gasteiger charge is -2.07. The second-order valence-corrected chi connectivity index (χ2v) is 7.38. The van der Waals surface area contributed by atoms with Crippen molar-refractivity contribution in [1.82, 2.24) is 30.1 Å². The summed E-state index contributed by atoms with van der Waals surface area (Å²) in [4.78, 5) is 29.1. The number of carbonyl (C=O) groups excluding carboxylic acids is 1. The van der Waals surface area contributed by atoms with E-state index in [4.69, 9.17) is 4.98 Å². The van der Waals surface area contributed by atoms with Gasteiger partial charge in [-0.05, 0) is 36.8 Å². The standard InChI is InChI=1S/C23H21N7O/c1-2-3-8-20(31)25-15-11-14(12-24-13-15)16-9-10-19-21(26-16)22(30-29-19)23-27-17-6-4-5-7-18(17)28-23/h4-7,9-13H,2-3,8H2,1H3,(H,25,31)(H,27,28)(H,29,30). The first-order chi connectivity index (χ1) is 15.2. The molecule has 0 saturated heterocycles. The summed E-state index contributed by atoms with van der Waals surface area (Å²) in [5.74, 6) is 0.651. The number of benzene rings is 1. The van der Waals surface area contributed by atoms with Crippen molar-refractivity contribution in [3.8, 4) is 22.8 Å². The molecule has 31 heavy (non-hydrogen) atoms. The van der Waals surface area contributed by atoms with Crippen LogP contribution >= 0.6 is 0 Å². The number of fused-ring (bicyclic) bond motifs is 2. The molecule has 154 valence electrons. The number of aromatic nitrogens is 6. The molecule has 8 heteroatoms. The maximum absolute atomic E-state index is 12.1. The topological polar surface area (TPSA) is 112 Å². The number of amides is 1. The first-order valence-corrected chi connectivity index (χ1v) is 10.3. The number of aromatic amines is 2. The van der Waals surface area contributed by atoms with E-state index in [-0.39, 0.29) is 5.91 Å². The fourth-order valence-corrected chi connectivity index (χ4v) is 3.50. The van der Waals surface area contributed by atoms with Crippen LogP contribution in [-0.4, -0.2) is 36.0 Å². The molecule has 0 atom stereocenters. The number of pyridine rings is 2. The number of unbranched alkanes of at least 4 members (excludes halogenated alkanes) is 1. The molecular weight excluding hydrogens is 390 g/mol. The van der Waals surface area contributed by atoms with Gasteiger partial charge in [-0.15, -0.1) is 0 Å². The third-order valence-corrected chi connectivity index (χ3v) is 5.10. The van der Waals surface area contributed by atoms with E-state index in [0.717, 1.165) is 40.6 Å². The van der Waals surface area contributed by atoms with Crippen LogP contribution in [0.1, 0.15) is 26.2 Å². The molecule has 5 rings (SSSR count). The Morgan fingerprint density at radius 3 is 2.84 bits per heavy atom. The fraction of sp³-hybridized carbons (Fsp3) is 0.174. The Morgan fingerprint density at radius 2 is 1.97 bits per heavy atom. The van der Waals surface area contributed by atoms with Crippen LogP contribution in [0.2, 0.25) is 0 Å². The number of anilines is 1. The highest BCUT2D eigenvalue weighted by Crippen LogP contribution is 2.28. The van der Waals surface area contributed by atoms with Gasteiger partial charge in [0, 0.05) is 18.2 Å². The minimum Gasteiger partial charge on any atom is -0.337 e. The van der Waals surface area contributed by atoms with Crippen molar-refractivity contribution in [2.24, 2.45) is 0 Å². The first kappa shape index (κ1) is 18.9. The molecule has 0 bridgehead atoms. The maximum atomic E-state index is 12.1. The van der Waals surface area contributed by atoms with E-state index in [1.54, 1.807) is 12.4 Å². The number of nitrogens with one attached hydrogen (secondary N) is 3. The molecule has 5 aromatic rings. The maximum Gasteiger partial charge on any atom is 0.224 e. The van der Waals surface area contributed by atoms with Gasteiger partial charge in [-0.25, -0.2) is 9.97 Å². The van der Waals surface area contributed by atoms with Gasteiger partial charge in [-0.3, -0.25) is 14.9 Å². The second-order valence-electron chi connectivity index (χ2n) is 7.38. The van der Waals surface area contributed by atoms with Gasteiger partial charge in [0.15, 0.2) is 11.5 Å². The number of rotatable bonds is 6. The third-order valence-electron chi connectivity index (χ3n) is 5.10. The fourth-order valence-electron chi connectivity index (χ4n) is 3.50. The van der Waals surface area contributed by atoms with E-state index < -0.39 is 0 Å². The molecule has 4 aromatic heterocycles. The molecule has 0 spiro atoms. The summed E-state index contributed by atoms with van der Waals surface area (Å²) in [6, 6.07) is 13.6. The summed E-state index contributed by atoms with van der Waals surface area (Å²) in [5, 5.41) is 10.4. The second kappa shape index (κ2) is 7.98. The molecule has 0 aliphatic carbocycles. The highest BCUT2D eigenvalue weighted by molar-refractivity contribution is 5.93. The lowest BCUT2D eigenvalue weighted by molar-refractivity contribution is -0.116. The Morgan fingerprint density at radius 1 is 1.06 bits per heavy atom. The Labute approximate surface area is 178 Å². The lowest BCUT2D eigenvalue weighted by atomic mass is 10.1. The highest BCUT2D eigenvalue weighted by Gasteiger charge is 2.15. The minimum absolute atomic E-state index is 0.00813. The molecule has 1 amide bonds. The van der Waals surface area contributed by atoms with Crippen molar-refractivity contribution in [2.75, 3.05) is 5.32 Å². The molecule has 0 aliphatic rings. The van der Waals surface area contributed by atoms with Crippen molar-refractivity contribution in [1.29, 1.82) is 0 Å². The summed E-state index contributed by atoms with van der Waals surface area (Å²) in [7, 11) is 0. The zero-order valence-corrected chi connectivity index (χ0v) is 17.0. The zero-order valence-electron chi connectivity index (χ0n) is 17.0. The van der Waals surface area contributed by atoms with Crippen LogP contribution in [0.3, 0.4) is 0 Å². The molecule has 0 saturated carbocycles. The SMILES string of the molecule is CCCCC(=O)Nc1cncc(-c2ccc3[nH]nc(-c4nc5ccccc5[nH]4)c3n2)c1. The third kappa shape index (κ3) is 3.75. The molecule has 8 nitrogen and oxygen atoms in total. The van der Waals surface area contributed by atoms with Gasteiger partial charge >= 0.3 is 0 Å². The van der Waals surface area contributed by atoms with E-state index >= 15 is 0 Å². The van der Waals surface area contributed by atoms with Gasteiger partial charge in [0.1, 0.15) is 5.52 Å². The van der Waals surface area contributed by atoms with Crippen molar-refractivity contribution in [3.63, 3.8) is 0 Å². The highest BCUT2D eigenvalue weighted by atomic mass is 16.1. The van der Waals surface area contributed by atoms with Gasteiger partial charge in [0.25, 0.3) is 0 Å². The lowest BCUT2D eigenvalue weighted by Crippen LogP contribution is -2.11. The van der Waals surface area contributed by atoms with Gasteiger partial charge < -0.3 is 10.3 Å². The van der Waals surface area contributed by atoms with Crippen LogP contribution in [0, 0.1) is 0 Å². The van der Waals surface area contributed by atoms with E-state index in [0.29, 0.717) is 29.1 Å². The summed E-state index contributed by atoms with van der Waals surface area (Å²) < 4.78 is 0. The van der Waals surface area contributed by atoms with Gasteiger partial charge in [-0.2, -0.15) is 5.10 Å². The molecule has 0 aliphatic heterocycles. The Balaban J connectivity index is 1.49. The van der Waals surface area contributed by atoms with Crippen LogP contribution in [0.4, 0.5) is 5.69 Å². The Bertz CT molecular complexity index is 1350. The molecule has 0 unspecified atom stereocenters. The summed E-state index contributed by atoms with van der Waals surface area (Å²) >= 11 is 0. The van der Waals surface area contributed by atoms with Crippen molar-refractivity contribution >= 4 is 33.7 Å². The number of carbonyl (C=O) groups is 1. The van der Waals surface area contributed by atoms with E-state index in [1.807, 2.05) is 42.5 Å². The van der Waals surface area contributed by atoms with Crippen LogP contribution < -0.4 is 5.32 Å². The quantitative estimate of drug-likeness (QED) is 0.375. The molecule has 1 aromatic carbocycles. The molecule has 0 radical (unpaired) electrons. The number of hydrogen-bond acceptors (Lipinski definition) is 5. The predicted molar refractivity (Wildman–Crippen MR) is 120 cm³/mol. The normalized spacial score (nSPS) is 11.3. The van der Waals surface area contributed by atoms with Crippen molar-refractivity contribution < 1.29 is 4.79 Å². The Kier molecular flexibility index (Phi) is 4.87. The summed E-state index contributed by atoms with van der Waals surface area (Å²) in [6.45, 7) is 2.06. The van der Waals surface area contributed by atoms with E-state index in [9.17, 15) is 4.79 Å². The van der Waals surface area contributed by atoms with Crippen LogP contribution in [-0.2, 0) is 4.79 Å². The van der Waals surface area contributed by atoms with E-state index in [2.05, 4.69) is 37.4 Å². The molecule has 3 N–H and O–H groups in total. The number of H-pyrrole nitrogens is 2. The van der Waals surface area contributed by atoms with Crippen molar-refractivity contribution in [2.45, 2.75) is 26.2 Å². The predicted octanol–water partition coefficient (Wildman–Crippen LogP) is 4.69. The monoisotopic (exact) mass is 411 g/mol. The zero-order chi connectivity index (χ0) is 21.2. The van der Waals surface area contributed by atoms with E-state index in [1.165, 1.54) is 0 Å². The smallest absolute Gasteiger partial charge is 0.224 e. The van der Waals surface area contributed by atoms with Crippen molar-refractivity contribution in [3.05, 3.63) is 54.9 Å². The molecule has 0 fully saturated rings. The number of nitrogens with zero attached hydrogens (tertiary/aromatic N) is 4. The van der Waals surface area contributed by atoms with Crippen LogP contribution in [0.5, 0.6) is 0 Å². The first-order valence-electron chi connectivity index (χ1n) is 10.3. The van der Waals surface area contributed by atoms with Gasteiger partial charge in [0.2, 0.25) is 5.91 Å². The largest absolute Gasteiger partial charge is 0.337 e. The van der Waals surface area contributed by atoms with Gasteiger partial charge in [-0.1, -0.05) is 25.5 Å². The molecule has 4 heterocycles. The minimum atomic E-state index is -0.00813. The Hall–Kier alpha value is -4.07. The number of hydrogen-bond donors (Lipinski definition) is 3. The van der Waals surface area contributed by atoms with Crippen LogP contribution in [0.25, 0.3) is 44.8 Å². The average Bonchev–Trinajstić information content (AvgIpc) is 3.41. The summed E-state index contributed by atoms with van der Waals surface area (Å²) in [5.41, 5.74) is 6.22. The van der Waals surface area contributed by atoms with Gasteiger partial charge in [0.05, 0.1) is 34.1 Å². The average molecular weight is 411 g/mol. The number of imidazole rings is 1. The summed E-state index contributed by atoms with van der Waals surface area (Å²) in [6.07, 6.45) is 5.72. The van der Waals surface area contributed by atoms with Crippen LogP contribution in [0.15, 0.2) is 54.9 Å².